The molecule has 1 unspecified atom stereocenters. The number of hydrogen-bond acceptors (Lipinski definition) is 3. The molecule has 5 heteroatoms. The van der Waals surface area contributed by atoms with Gasteiger partial charge < -0.3 is 5.11 Å². The van der Waals surface area contributed by atoms with Crippen LogP contribution < -0.4 is 5.30 Å². The third kappa shape index (κ3) is 2.20. The normalized spacial score (nSPS) is 36.2. The second-order valence-electron chi connectivity index (χ2n) is 7.62. The van der Waals surface area contributed by atoms with Crippen LogP contribution in [-0.2, 0) is 15.8 Å². The van der Waals surface area contributed by atoms with E-state index in [2.05, 4.69) is 6.92 Å². The number of benzene rings is 1. The summed E-state index contributed by atoms with van der Waals surface area (Å²) in [5, 5.41) is 10.5. The maximum atomic E-state index is 12.4. The molecule has 1 aromatic carbocycles. The predicted octanol–water partition coefficient (Wildman–Crippen LogP) is 4.42. The Bertz CT molecular complexity index is 716. The van der Waals surface area contributed by atoms with E-state index < -0.39 is 7.15 Å². The SMILES string of the molecule is C[C@]12CC[C@@H]3c4c(cc(O)cc4[P+](=O)Cl)CC[C@H]3[C@@H]1CCC2=O. The minimum absolute atomic E-state index is 0.151. The molecule has 1 aromatic rings. The lowest BCUT2D eigenvalue weighted by Gasteiger charge is -2.48. The third-order valence-electron chi connectivity index (χ3n) is 6.68. The Morgan fingerprint density at radius 3 is 2.78 bits per heavy atom. The first-order valence-corrected chi connectivity index (χ1v) is 10.6. The number of rotatable bonds is 1. The molecule has 0 spiro atoms. The number of aromatic hydroxyl groups is 1. The Kier molecular flexibility index (Phi) is 3.59. The zero-order valence-corrected chi connectivity index (χ0v) is 14.9. The van der Waals surface area contributed by atoms with Gasteiger partial charge in [-0.1, -0.05) is 6.92 Å². The second kappa shape index (κ2) is 5.29. The highest BCUT2D eigenvalue weighted by Gasteiger charge is 2.55. The highest BCUT2D eigenvalue weighted by molar-refractivity contribution is 7.80. The Morgan fingerprint density at radius 1 is 1.26 bits per heavy atom. The topological polar surface area (TPSA) is 54.4 Å². The van der Waals surface area contributed by atoms with Crippen molar-refractivity contribution in [3.63, 3.8) is 0 Å². The lowest BCUT2D eigenvalue weighted by molar-refractivity contribution is -0.129. The fourth-order valence-electron chi connectivity index (χ4n) is 5.60. The van der Waals surface area contributed by atoms with Crippen molar-refractivity contribution in [3.05, 3.63) is 23.3 Å². The van der Waals surface area contributed by atoms with Crippen LogP contribution in [0.4, 0.5) is 0 Å². The Balaban J connectivity index is 1.81. The third-order valence-corrected chi connectivity index (χ3v) is 7.98. The lowest BCUT2D eigenvalue weighted by atomic mass is 9.55. The first-order chi connectivity index (χ1) is 10.9. The molecular formula is C18H21ClO3P+. The van der Waals surface area contributed by atoms with E-state index in [1.807, 2.05) is 0 Å². The van der Waals surface area contributed by atoms with Gasteiger partial charge in [0.1, 0.15) is 11.5 Å². The summed E-state index contributed by atoms with van der Waals surface area (Å²) in [6, 6.07) is 3.37. The van der Waals surface area contributed by atoms with Crippen LogP contribution in [0.5, 0.6) is 5.75 Å². The molecule has 3 nitrogen and oxygen atoms in total. The summed E-state index contributed by atoms with van der Waals surface area (Å²) in [6.07, 6.45) is 5.49. The molecule has 4 rings (SSSR count). The molecule has 1 N–H and O–H groups in total. The summed E-state index contributed by atoms with van der Waals surface area (Å²) >= 11 is 5.95. The second-order valence-corrected chi connectivity index (χ2v) is 9.51. The summed E-state index contributed by atoms with van der Waals surface area (Å²) in [7, 11) is -2.00. The van der Waals surface area contributed by atoms with Gasteiger partial charge in [-0.05, 0) is 66.1 Å². The summed E-state index contributed by atoms with van der Waals surface area (Å²) in [5.74, 6) is 1.83. The molecule has 3 aliphatic rings. The zero-order chi connectivity index (χ0) is 16.4. The van der Waals surface area contributed by atoms with Gasteiger partial charge in [0, 0.05) is 23.5 Å². The average molecular weight is 352 g/mol. The number of carbonyl (C=O) groups excluding carboxylic acids is 1. The molecule has 5 atom stereocenters. The van der Waals surface area contributed by atoms with Crippen LogP contribution in [0.2, 0.25) is 0 Å². The van der Waals surface area contributed by atoms with Gasteiger partial charge in [-0.2, -0.15) is 0 Å². The minimum Gasteiger partial charge on any atom is -0.508 e. The predicted molar refractivity (Wildman–Crippen MR) is 90.8 cm³/mol. The number of ketones is 1. The van der Waals surface area contributed by atoms with Crippen LogP contribution in [0.1, 0.15) is 56.1 Å². The van der Waals surface area contributed by atoms with Gasteiger partial charge in [0.05, 0.1) is 0 Å². The molecular weight excluding hydrogens is 331 g/mol. The Labute approximate surface area is 142 Å². The summed E-state index contributed by atoms with van der Waals surface area (Å²) < 4.78 is 12.0. The van der Waals surface area contributed by atoms with E-state index >= 15 is 0 Å². The van der Waals surface area contributed by atoms with E-state index in [0.29, 0.717) is 35.3 Å². The number of phenols is 1. The molecule has 2 fully saturated rings. The van der Waals surface area contributed by atoms with Crippen LogP contribution in [-0.4, -0.2) is 10.9 Å². The zero-order valence-electron chi connectivity index (χ0n) is 13.2. The molecule has 0 aromatic heterocycles. The van der Waals surface area contributed by atoms with Crippen LogP contribution in [0.25, 0.3) is 0 Å². The van der Waals surface area contributed by atoms with Crippen molar-refractivity contribution in [1.29, 1.82) is 0 Å². The molecule has 0 amide bonds. The number of halogens is 1. The lowest BCUT2D eigenvalue weighted by Crippen LogP contribution is -2.43. The fourth-order valence-corrected chi connectivity index (χ4v) is 6.75. The largest absolute Gasteiger partial charge is 0.508 e. The Hall–Kier alpha value is -0.920. The van der Waals surface area contributed by atoms with E-state index in [4.69, 9.17) is 11.2 Å². The van der Waals surface area contributed by atoms with Crippen molar-refractivity contribution in [2.45, 2.75) is 51.4 Å². The molecule has 0 heterocycles. The molecule has 0 saturated heterocycles. The summed E-state index contributed by atoms with van der Waals surface area (Å²) in [6.45, 7) is 2.15. The van der Waals surface area contributed by atoms with Gasteiger partial charge in [0.25, 0.3) is 0 Å². The first kappa shape index (κ1) is 15.6. The van der Waals surface area contributed by atoms with Gasteiger partial charge in [0.15, 0.2) is 0 Å². The maximum Gasteiger partial charge on any atom is 0.494 e. The van der Waals surface area contributed by atoms with Crippen molar-refractivity contribution in [2.24, 2.45) is 17.3 Å². The Morgan fingerprint density at radius 2 is 2.04 bits per heavy atom. The summed E-state index contributed by atoms with van der Waals surface area (Å²) in [5.41, 5.74) is 2.05. The molecule has 0 radical (unpaired) electrons. The highest BCUT2D eigenvalue weighted by atomic mass is 35.7. The highest BCUT2D eigenvalue weighted by Crippen LogP contribution is 2.60. The molecule has 23 heavy (non-hydrogen) atoms. The number of phenolic OH excluding ortho intramolecular Hbond substituents is 1. The number of hydrogen-bond donors (Lipinski definition) is 1. The molecule has 0 aliphatic heterocycles. The van der Waals surface area contributed by atoms with E-state index in [1.54, 1.807) is 12.1 Å². The van der Waals surface area contributed by atoms with E-state index in [9.17, 15) is 14.5 Å². The van der Waals surface area contributed by atoms with E-state index in [0.717, 1.165) is 43.2 Å². The minimum atomic E-state index is -2.00. The quantitative estimate of drug-likeness (QED) is 0.762. The van der Waals surface area contributed by atoms with Gasteiger partial charge in [0.2, 0.25) is 16.5 Å². The van der Waals surface area contributed by atoms with Crippen molar-refractivity contribution < 1.29 is 14.5 Å². The van der Waals surface area contributed by atoms with Crippen LogP contribution in [0.15, 0.2) is 12.1 Å². The first-order valence-electron chi connectivity index (χ1n) is 8.44. The van der Waals surface area contributed by atoms with Crippen LogP contribution >= 0.6 is 18.4 Å². The van der Waals surface area contributed by atoms with E-state index in [-0.39, 0.29) is 11.2 Å². The summed E-state index contributed by atoms with van der Waals surface area (Å²) in [4.78, 5) is 12.4. The molecule has 2 saturated carbocycles. The molecule has 0 bridgehead atoms. The monoisotopic (exact) mass is 351 g/mol. The van der Waals surface area contributed by atoms with Gasteiger partial charge in [-0.25, -0.2) is 0 Å². The van der Waals surface area contributed by atoms with Crippen LogP contribution in [0.3, 0.4) is 0 Å². The van der Waals surface area contributed by atoms with Crippen molar-refractivity contribution in [2.75, 3.05) is 0 Å². The number of Topliss-reactive ketones (excluding diaryl/α,β-unsaturated/α-hetero) is 1. The van der Waals surface area contributed by atoms with Crippen molar-refractivity contribution >= 4 is 29.5 Å². The molecule has 122 valence electrons. The van der Waals surface area contributed by atoms with Crippen LogP contribution in [0, 0.1) is 17.3 Å². The number of carbonyl (C=O) groups is 1. The fraction of sp³-hybridized carbons (Fsp3) is 0.611. The number of fused-ring (bicyclic) bond motifs is 5. The molecule has 3 aliphatic carbocycles. The number of aryl methyl sites for hydroxylation is 1. The van der Waals surface area contributed by atoms with Crippen molar-refractivity contribution in [3.8, 4) is 5.75 Å². The van der Waals surface area contributed by atoms with Gasteiger partial charge in [-0.15, -0.1) is 0 Å². The van der Waals surface area contributed by atoms with Crippen molar-refractivity contribution in [1.82, 2.24) is 0 Å². The van der Waals surface area contributed by atoms with Gasteiger partial charge in [-0.3, -0.25) is 4.79 Å². The average Bonchev–Trinajstić information content (AvgIpc) is 2.81. The standard InChI is InChI=1S/C18H20ClO3P/c1-18-7-6-13-12(14(18)4-5-16(18)21)3-2-10-8-11(20)9-15(17(10)13)23(19)22/h8-9,12-14H,2-7H2,1H3/p+1/t12-,13+,14+,18+/m1/s1. The smallest absolute Gasteiger partial charge is 0.494 e. The van der Waals surface area contributed by atoms with E-state index in [1.165, 1.54) is 0 Å². The van der Waals surface area contributed by atoms with Gasteiger partial charge >= 0.3 is 7.15 Å². The maximum absolute atomic E-state index is 12.4.